The molecule has 1 aliphatic heterocycles. The van der Waals surface area contributed by atoms with E-state index in [9.17, 15) is 4.79 Å². The van der Waals surface area contributed by atoms with Gasteiger partial charge < -0.3 is 19.5 Å². The fourth-order valence-corrected chi connectivity index (χ4v) is 3.80. The van der Waals surface area contributed by atoms with Crippen LogP contribution in [0.15, 0.2) is 46.9 Å². The molecular weight excluding hydrogens is 446 g/mol. The summed E-state index contributed by atoms with van der Waals surface area (Å²) in [4.78, 5) is 12.7. The molecule has 1 amide bonds. The lowest BCUT2D eigenvalue weighted by Crippen LogP contribution is -2.16. The van der Waals surface area contributed by atoms with E-state index in [4.69, 9.17) is 14.2 Å². The number of hydrogen-bond donors (Lipinski definition) is 1. The maximum atomic E-state index is 12.7. The number of anilines is 1. The van der Waals surface area contributed by atoms with Crippen LogP contribution in [0.2, 0.25) is 0 Å². The van der Waals surface area contributed by atoms with E-state index >= 15 is 0 Å². The number of carbonyl (C=O) groups excluding carboxylic acids is 1. The molecule has 3 rings (SSSR count). The van der Waals surface area contributed by atoms with E-state index in [-0.39, 0.29) is 12.0 Å². The van der Waals surface area contributed by atoms with Crippen LogP contribution in [-0.2, 0) is 4.74 Å². The maximum absolute atomic E-state index is 12.7. The van der Waals surface area contributed by atoms with Crippen molar-refractivity contribution in [1.82, 2.24) is 0 Å². The van der Waals surface area contributed by atoms with Crippen molar-refractivity contribution in [2.75, 3.05) is 25.1 Å². The van der Waals surface area contributed by atoms with Crippen LogP contribution in [-0.4, -0.2) is 31.8 Å². The molecule has 1 unspecified atom stereocenters. The van der Waals surface area contributed by atoms with E-state index in [0.29, 0.717) is 30.2 Å². The Hall–Kier alpha value is -2.05. The van der Waals surface area contributed by atoms with Gasteiger partial charge in [0.25, 0.3) is 5.91 Å². The number of amides is 1. The Labute approximate surface area is 187 Å². The molecule has 0 aromatic heterocycles. The number of nitrogens with one attached hydrogen (secondary N) is 1. The molecule has 0 bridgehead atoms. The smallest absolute Gasteiger partial charge is 0.255 e. The van der Waals surface area contributed by atoms with E-state index in [0.717, 1.165) is 36.1 Å². The molecule has 0 spiro atoms. The summed E-state index contributed by atoms with van der Waals surface area (Å²) in [6.45, 7) is 4.21. The Morgan fingerprint density at radius 3 is 2.83 bits per heavy atom. The van der Waals surface area contributed by atoms with Crippen molar-refractivity contribution in [3.8, 4) is 11.5 Å². The van der Waals surface area contributed by atoms with E-state index in [1.54, 1.807) is 12.1 Å². The highest BCUT2D eigenvalue weighted by atomic mass is 79.9. The average Bonchev–Trinajstić information content (AvgIpc) is 3.26. The van der Waals surface area contributed by atoms with Gasteiger partial charge in [-0.15, -0.1) is 0 Å². The van der Waals surface area contributed by atoms with Gasteiger partial charge in [0.05, 0.1) is 17.2 Å². The minimum absolute atomic E-state index is 0.154. The van der Waals surface area contributed by atoms with Gasteiger partial charge in [-0.3, -0.25) is 4.79 Å². The van der Waals surface area contributed by atoms with Crippen LogP contribution in [0.25, 0.3) is 0 Å². The molecule has 0 radical (unpaired) electrons. The standard InChI is InChI=1S/C24H30BrNO4/c1-2-3-4-5-13-28-20-9-6-8-19(16-20)26-24(27)18-11-12-23(22(25)15-18)30-17-21-10-7-14-29-21/h6,8-9,11-12,15-16,21H,2-5,7,10,13-14,17H2,1H3,(H,26,27). The predicted octanol–water partition coefficient (Wildman–Crippen LogP) is 6.22. The van der Waals surface area contributed by atoms with Gasteiger partial charge in [0, 0.05) is 23.9 Å². The van der Waals surface area contributed by atoms with Crippen molar-refractivity contribution < 1.29 is 19.0 Å². The summed E-state index contributed by atoms with van der Waals surface area (Å²) < 4.78 is 18.0. The second-order valence-electron chi connectivity index (χ2n) is 7.48. The number of hydrogen-bond acceptors (Lipinski definition) is 4. The quantitative estimate of drug-likeness (QED) is 0.392. The molecule has 0 saturated carbocycles. The maximum Gasteiger partial charge on any atom is 0.255 e. The predicted molar refractivity (Wildman–Crippen MR) is 123 cm³/mol. The highest BCUT2D eigenvalue weighted by Crippen LogP contribution is 2.28. The molecule has 6 heteroatoms. The SMILES string of the molecule is CCCCCCOc1cccc(NC(=O)c2ccc(OCC3CCCO3)c(Br)c2)c1. The van der Waals surface area contributed by atoms with Crippen molar-refractivity contribution in [1.29, 1.82) is 0 Å². The molecule has 1 atom stereocenters. The second kappa shape index (κ2) is 12.0. The zero-order chi connectivity index (χ0) is 21.2. The Bertz CT molecular complexity index is 821. The molecule has 5 nitrogen and oxygen atoms in total. The van der Waals surface area contributed by atoms with Crippen LogP contribution in [0.3, 0.4) is 0 Å². The monoisotopic (exact) mass is 475 g/mol. The lowest BCUT2D eigenvalue weighted by Gasteiger charge is -2.13. The molecule has 1 saturated heterocycles. The zero-order valence-corrected chi connectivity index (χ0v) is 19.1. The molecule has 1 N–H and O–H groups in total. The number of halogens is 1. The van der Waals surface area contributed by atoms with Crippen molar-refractivity contribution in [2.45, 2.75) is 51.6 Å². The normalized spacial score (nSPS) is 15.7. The van der Waals surface area contributed by atoms with Crippen molar-refractivity contribution in [3.05, 3.63) is 52.5 Å². The third kappa shape index (κ3) is 7.03. The second-order valence-corrected chi connectivity index (χ2v) is 8.34. The number of benzene rings is 2. The van der Waals surface area contributed by atoms with E-state index in [1.165, 1.54) is 19.3 Å². The minimum atomic E-state index is -0.179. The Morgan fingerprint density at radius 2 is 2.07 bits per heavy atom. The van der Waals surface area contributed by atoms with Gasteiger partial charge >= 0.3 is 0 Å². The van der Waals surface area contributed by atoms with Crippen LogP contribution in [0.1, 0.15) is 55.8 Å². The molecule has 1 heterocycles. The average molecular weight is 476 g/mol. The summed E-state index contributed by atoms with van der Waals surface area (Å²) in [5.41, 5.74) is 1.26. The van der Waals surface area contributed by atoms with Gasteiger partial charge in [0.2, 0.25) is 0 Å². The molecule has 2 aromatic carbocycles. The summed E-state index contributed by atoms with van der Waals surface area (Å²) in [5, 5.41) is 2.93. The fourth-order valence-electron chi connectivity index (χ4n) is 3.30. The number of ether oxygens (including phenoxy) is 3. The summed E-state index contributed by atoms with van der Waals surface area (Å²) >= 11 is 3.50. The first-order valence-corrected chi connectivity index (χ1v) is 11.5. The van der Waals surface area contributed by atoms with Gasteiger partial charge in [-0.2, -0.15) is 0 Å². The van der Waals surface area contributed by atoms with Crippen LogP contribution in [0.4, 0.5) is 5.69 Å². The van der Waals surface area contributed by atoms with Crippen LogP contribution in [0, 0.1) is 0 Å². The molecule has 30 heavy (non-hydrogen) atoms. The Balaban J connectivity index is 1.52. The highest BCUT2D eigenvalue weighted by molar-refractivity contribution is 9.10. The summed E-state index contributed by atoms with van der Waals surface area (Å²) in [6, 6.07) is 12.8. The lowest BCUT2D eigenvalue weighted by molar-refractivity contribution is 0.0677. The third-order valence-electron chi connectivity index (χ3n) is 5.00. The van der Waals surface area contributed by atoms with Gasteiger partial charge in [-0.05, 0) is 65.5 Å². The van der Waals surface area contributed by atoms with Gasteiger partial charge in [-0.25, -0.2) is 0 Å². The first-order chi connectivity index (χ1) is 14.7. The lowest BCUT2D eigenvalue weighted by atomic mass is 10.2. The topological polar surface area (TPSA) is 56.8 Å². The summed E-state index contributed by atoms with van der Waals surface area (Å²) in [7, 11) is 0. The number of unbranched alkanes of at least 4 members (excludes halogenated alkanes) is 3. The van der Waals surface area contributed by atoms with Crippen molar-refractivity contribution in [3.63, 3.8) is 0 Å². The van der Waals surface area contributed by atoms with Crippen LogP contribution >= 0.6 is 15.9 Å². The third-order valence-corrected chi connectivity index (χ3v) is 5.62. The van der Waals surface area contributed by atoms with Gasteiger partial charge in [-0.1, -0.05) is 32.3 Å². The first-order valence-electron chi connectivity index (χ1n) is 10.7. The summed E-state index contributed by atoms with van der Waals surface area (Å²) in [6.07, 6.45) is 6.92. The van der Waals surface area contributed by atoms with E-state index in [1.807, 2.05) is 30.3 Å². The Kier molecular flexibility index (Phi) is 9.02. The number of carbonyl (C=O) groups is 1. The Morgan fingerprint density at radius 1 is 1.17 bits per heavy atom. The zero-order valence-electron chi connectivity index (χ0n) is 17.5. The summed E-state index contributed by atoms with van der Waals surface area (Å²) in [5.74, 6) is 1.30. The van der Waals surface area contributed by atoms with Crippen molar-refractivity contribution in [2.24, 2.45) is 0 Å². The van der Waals surface area contributed by atoms with Gasteiger partial charge in [0.1, 0.15) is 18.1 Å². The fraction of sp³-hybridized carbons (Fsp3) is 0.458. The van der Waals surface area contributed by atoms with E-state index in [2.05, 4.69) is 28.2 Å². The van der Waals surface area contributed by atoms with Gasteiger partial charge in [0.15, 0.2) is 0 Å². The van der Waals surface area contributed by atoms with Crippen molar-refractivity contribution >= 4 is 27.5 Å². The van der Waals surface area contributed by atoms with Crippen LogP contribution in [0.5, 0.6) is 11.5 Å². The minimum Gasteiger partial charge on any atom is -0.494 e. The number of rotatable bonds is 11. The highest BCUT2D eigenvalue weighted by Gasteiger charge is 2.17. The molecule has 1 aliphatic rings. The molecule has 162 valence electrons. The van der Waals surface area contributed by atoms with E-state index < -0.39 is 0 Å². The van der Waals surface area contributed by atoms with Crippen LogP contribution < -0.4 is 14.8 Å². The molecule has 2 aromatic rings. The molecule has 1 fully saturated rings. The molecule has 0 aliphatic carbocycles. The largest absolute Gasteiger partial charge is 0.494 e. The first kappa shape index (κ1) is 22.6. The molecular formula is C24H30BrNO4.